The first-order valence-corrected chi connectivity index (χ1v) is 3.36. The average molecular weight is 187 g/mol. The van der Waals surface area contributed by atoms with Gasteiger partial charge >= 0.3 is 18.0 Å². The van der Waals surface area contributed by atoms with Gasteiger partial charge < -0.3 is 19.4 Å². The molecule has 0 amide bonds. The zero-order valence-corrected chi connectivity index (χ0v) is 7.47. The molecule has 0 aliphatic rings. The summed E-state index contributed by atoms with van der Waals surface area (Å²) >= 11 is 0. The molecule has 0 aliphatic heterocycles. The molecule has 13 heavy (non-hydrogen) atoms. The van der Waals surface area contributed by atoms with Crippen molar-refractivity contribution >= 4 is 0 Å². The van der Waals surface area contributed by atoms with Crippen LogP contribution >= 0.6 is 0 Å². The molecule has 7 heteroatoms. The van der Waals surface area contributed by atoms with Gasteiger partial charge in [0.05, 0.1) is 21.3 Å². The molecule has 0 saturated carbocycles. The first-order chi connectivity index (χ1) is 6.22. The maximum absolute atomic E-state index is 11.2. The first kappa shape index (κ1) is 9.30. The molecule has 0 bridgehead atoms. The molecule has 1 rings (SSSR count). The van der Waals surface area contributed by atoms with Crippen LogP contribution in [0.3, 0.4) is 0 Å². The second kappa shape index (κ2) is 3.74. The highest BCUT2D eigenvalue weighted by atomic mass is 16.6. The molecular weight excluding hydrogens is 178 g/mol. The van der Waals surface area contributed by atoms with Gasteiger partial charge in [0, 0.05) is 9.97 Å². The van der Waals surface area contributed by atoms with Gasteiger partial charge in [0.15, 0.2) is 0 Å². The number of hydrogen-bond donors (Lipinski definition) is 0. The van der Waals surface area contributed by atoms with Crippen LogP contribution in [0.4, 0.5) is 0 Å². The largest absolute Gasteiger partial charge is 0.735 e. The van der Waals surface area contributed by atoms with Crippen LogP contribution in [-0.4, -0.2) is 31.3 Å². The van der Waals surface area contributed by atoms with E-state index in [0.29, 0.717) is 4.73 Å². The van der Waals surface area contributed by atoms with E-state index in [1.54, 1.807) is 0 Å². The van der Waals surface area contributed by atoms with Crippen molar-refractivity contribution in [3.05, 3.63) is 5.21 Å². The van der Waals surface area contributed by atoms with E-state index in [1.807, 2.05) is 0 Å². The molecule has 0 fully saturated rings. The maximum Gasteiger partial charge on any atom is 0.478 e. The van der Waals surface area contributed by atoms with E-state index >= 15 is 0 Å². The minimum atomic E-state index is -0.177. The number of nitrogens with zero attached hydrogens (tertiary/aromatic N) is 3. The van der Waals surface area contributed by atoms with Gasteiger partial charge in [-0.2, -0.15) is 4.73 Å². The lowest BCUT2D eigenvalue weighted by Crippen LogP contribution is -2.33. The average Bonchev–Trinajstić information content (AvgIpc) is 2.18. The van der Waals surface area contributed by atoms with Crippen LogP contribution in [0.25, 0.3) is 0 Å². The van der Waals surface area contributed by atoms with E-state index in [9.17, 15) is 5.21 Å². The van der Waals surface area contributed by atoms with Crippen molar-refractivity contribution in [2.24, 2.45) is 0 Å². The normalized spacial score (nSPS) is 9.46. The molecule has 0 N–H and O–H groups in total. The molecule has 0 radical (unpaired) electrons. The summed E-state index contributed by atoms with van der Waals surface area (Å²) in [5, 5.41) is 11.2. The molecule has 0 aromatic carbocycles. The fourth-order valence-corrected chi connectivity index (χ4v) is 0.710. The summed E-state index contributed by atoms with van der Waals surface area (Å²) in [6.07, 6.45) is 0. The van der Waals surface area contributed by atoms with Crippen LogP contribution in [-0.2, 0) is 0 Å². The lowest BCUT2D eigenvalue weighted by molar-refractivity contribution is -0.625. The van der Waals surface area contributed by atoms with Crippen molar-refractivity contribution in [2.45, 2.75) is 0 Å². The third-order valence-corrected chi connectivity index (χ3v) is 1.28. The van der Waals surface area contributed by atoms with E-state index in [-0.39, 0.29) is 18.0 Å². The number of ether oxygens (including phenoxy) is 3. The number of methoxy groups -OCH3 is 3. The predicted molar refractivity (Wildman–Crippen MR) is 40.6 cm³/mol. The molecule has 0 unspecified atom stereocenters. The van der Waals surface area contributed by atoms with Crippen LogP contribution in [0.1, 0.15) is 0 Å². The van der Waals surface area contributed by atoms with Crippen LogP contribution < -0.4 is 18.9 Å². The molecule has 0 atom stereocenters. The van der Waals surface area contributed by atoms with Gasteiger partial charge in [0.1, 0.15) is 0 Å². The van der Waals surface area contributed by atoms with Gasteiger partial charge in [0.25, 0.3) is 0 Å². The summed E-state index contributed by atoms with van der Waals surface area (Å²) in [5.41, 5.74) is 0. The highest BCUT2D eigenvalue weighted by Crippen LogP contribution is 2.10. The summed E-state index contributed by atoms with van der Waals surface area (Å²) in [4.78, 5) is 7.27. The molecule has 1 aromatic heterocycles. The first-order valence-electron chi connectivity index (χ1n) is 3.36. The monoisotopic (exact) mass is 187 g/mol. The molecule has 0 aliphatic carbocycles. The van der Waals surface area contributed by atoms with Gasteiger partial charge in [0.2, 0.25) is 0 Å². The van der Waals surface area contributed by atoms with Gasteiger partial charge in [-0.3, -0.25) is 0 Å². The van der Waals surface area contributed by atoms with E-state index in [0.717, 1.165) is 0 Å². The van der Waals surface area contributed by atoms with Crippen LogP contribution in [0.5, 0.6) is 18.0 Å². The topological polar surface area (TPSA) is 80.4 Å². The summed E-state index contributed by atoms with van der Waals surface area (Å²) in [5.74, 6) is 0. The summed E-state index contributed by atoms with van der Waals surface area (Å²) in [6, 6.07) is -0.340. The van der Waals surface area contributed by atoms with Gasteiger partial charge in [-0.15, -0.1) is 0 Å². The molecular formula is C6H9N3O4. The summed E-state index contributed by atoms with van der Waals surface area (Å²) in [7, 11) is 4.01. The van der Waals surface area contributed by atoms with Crippen molar-refractivity contribution in [2.75, 3.05) is 21.3 Å². The zero-order valence-electron chi connectivity index (χ0n) is 7.47. The lowest BCUT2D eigenvalue weighted by atomic mass is 10.9. The van der Waals surface area contributed by atoms with Crippen molar-refractivity contribution < 1.29 is 18.9 Å². The minimum Gasteiger partial charge on any atom is -0.735 e. The third kappa shape index (κ3) is 1.68. The highest BCUT2D eigenvalue weighted by molar-refractivity contribution is 5.00. The third-order valence-electron chi connectivity index (χ3n) is 1.28. The number of hydrogen-bond acceptors (Lipinski definition) is 6. The van der Waals surface area contributed by atoms with Crippen molar-refractivity contribution in [3.63, 3.8) is 0 Å². The summed E-state index contributed by atoms with van der Waals surface area (Å²) < 4.78 is 14.4. The zero-order chi connectivity index (χ0) is 9.84. The Kier molecular flexibility index (Phi) is 2.68. The highest BCUT2D eigenvalue weighted by Gasteiger charge is 2.19. The van der Waals surface area contributed by atoms with Crippen molar-refractivity contribution in [1.82, 2.24) is 9.97 Å². The Labute approximate surface area is 74.5 Å². The van der Waals surface area contributed by atoms with Gasteiger partial charge in [-0.05, 0) is 0 Å². The standard InChI is InChI=1S/C6H9N3O4/c1-11-4-7-5(12-2)9(10)6(8-4)13-3/h1-3H3. The van der Waals surface area contributed by atoms with Crippen LogP contribution in [0, 0.1) is 5.21 Å². The van der Waals surface area contributed by atoms with Crippen molar-refractivity contribution in [1.29, 1.82) is 0 Å². The molecule has 1 aromatic rings. The quantitative estimate of drug-likeness (QED) is 0.452. The maximum atomic E-state index is 11.2. The van der Waals surface area contributed by atoms with E-state index in [1.165, 1.54) is 21.3 Å². The Morgan fingerprint density at radius 2 is 1.46 bits per heavy atom. The Morgan fingerprint density at radius 1 is 1.00 bits per heavy atom. The number of aromatic nitrogens is 3. The fraction of sp³-hybridized carbons (Fsp3) is 0.500. The Balaban J connectivity index is 3.20. The van der Waals surface area contributed by atoms with Crippen LogP contribution in [0.2, 0.25) is 0 Å². The van der Waals surface area contributed by atoms with Gasteiger partial charge in [-0.25, -0.2) is 0 Å². The molecule has 72 valence electrons. The summed E-state index contributed by atoms with van der Waals surface area (Å²) in [6.45, 7) is 0. The van der Waals surface area contributed by atoms with E-state index < -0.39 is 0 Å². The molecule has 0 spiro atoms. The Bertz CT molecular complexity index is 279. The molecule has 1 heterocycles. The second-order valence-electron chi connectivity index (χ2n) is 1.98. The SMILES string of the molecule is COc1nc(OC)[n+]([O-])c(OC)n1. The van der Waals surface area contributed by atoms with E-state index in [4.69, 9.17) is 4.74 Å². The van der Waals surface area contributed by atoms with E-state index in [2.05, 4.69) is 19.4 Å². The Morgan fingerprint density at radius 3 is 1.77 bits per heavy atom. The minimum absolute atomic E-state index is 0.0146. The Hall–Kier alpha value is -1.79. The lowest BCUT2D eigenvalue weighted by Gasteiger charge is -2.07. The number of rotatable bonds is 3. The molecule has 7 nitrogen and oxygen atoms in total. The van der Waals surface area contributed by atoms with Crippen LogP contribution in [0.15, 0.2) is 0 Å². The fourth-order valence-electron chi connectivity index (χ4n) is 0.710. The second-order valence-corrected chi connectivity index (χ2v) is 1.98. The smallest absolute Gasteiger partial charge is 0.478 e. The predicted octanol–water partition coefficient (Wildman–Crippen LogP) is -0.864. The molecule has 0 saturated heterocycles. The van der Waals surface area contributed by atoms with Crippen molar-refractivity contribution in [3.8, 4) is 18.0 Å². The van der Waals surface area contributed by atoms with Gasteiger partial charge in [-0.1, -0.05) is 0 Å².